The summed E-state index contributed by atoms with van der Waals surface area (Å²) >= 11 is 0. The lowest BCUT2D eigenvalue weighted by atomic mass is 9.89. The molecule has 1 aromatic rings. The lowest BCUT2D eigenvalue weighted by molar-refractivity contribution is -0.120. The summed E-state index contributed by atoms with van der Waals surface area (Å²) in [4.78, 5) is 11.3. The zero-order valence-corrected chi connectivity index (χ0v) is 10.8. The van der Waals surface area contributed by atoms with Gasteiger partial charge in [-0.2, -0.15) is 5.26 Å². The molecular weight excluding hydrogens is 228 g/mol. The number of nitriles is 1. The first-order chi connectivity index (χ1) is 8.41. The molecule has 1 amide bonds. The Hall–Kier alpha value is -2.02. The van der Waals surface area contributed by atoms with Crippen LogP contribution in [0, 0.1) is 11.3 Å². The molecule has 0 saturated carbocycles. The summed E-state index contributed by atoms with van der Waals surface area (Å²) in [5, 5.41) is 11.8. The third-order valence-electron chi connectivity index (χ3n) is 2.97. The van der Waals surface area contributed by atoms with Crippen LogP contribution in [0.15, 0.2) is 18.2 Å². The SMILES string of the molecule is CC(=O)NC1CC(C)(C)Oc2ccc(C#N)cc21. The molecule has 0 fully saturated rings. The summed E-state index contributed by atoms with van der Waals surface area (Å²) in [6, 6.07) is 7.31. The molecule has 4 heteroatoms. The highest BCUT2D eigenvalue weighted by Gasteiger charge is 2.34. The minimum atomic E-state index is -0.325. The van der Waals surface area contributed by atoms with Gasteiger partial charge in [0.15, 0.2) is 0 Å². The molecule has 0 spiro atoms. The van der Waals surface area contributed by atoms with Crippen molar-refractivity contribution in [2.24, 2.45) is 0 Å². The zero-order valence-electron chi connectivity index (χ0n) is 10.8. The number of amides is 1. The molecule has 0 radical (unpaired) electrons. The van der Waals surface area contributed by atoms with E-state index in [9.17, 15) is 4.79 Å². The second-order valence-corrected chi connectivity index (χ2v) is 5.18. The van der Waals surface area contributed by atoms with Gasteiger partial charge in [-0.25, -0.2) is 0 Å². The number of fused-ring (bicyclic) bond motifs is 1. The lowest BCUT2D eigenvalue weighted by Gasteiger charge is -2.37. The number of hydrogen-bond donors (Lipinski definition) is 1. The molecular formula is C14H16N2O2. The molecule has 18 heavy (non-hydrogen) atoms. The molecule has 94 valence electrons. The Morgan fingerprint density at radius 3 is 2.89 bits per heavy atom. The molecule has 0 bridgehead atoms. The van der Waals surface area contributed by atoms with E-state index in [1.807, 2.05) is 13.8 Å². The van der Waals surface area contributed by atoms with Crippen LogP contribution >= 0.6 is 0 Å². The van der Waals surface area contributed by atoms with Gasteiger partial charge in [0.1, 0.15) is 11.4 Å². The largest absolute Gasteiger partial charge is 0.487 e. The van der Waals surface area contributed by atoms with Crippen LogP contribution in [0.5, 0.6) is 5.75 Å². The number of carbonyl (C=O) groups is 1. The molecule has 1 aliphatic heterocycles. The molecule has 2 rings (SSSR count). The zero-order chi connectivity index (χ0) is 13.3. The Labute approximate surface area is 107 Å². The molecule has 1 heterocycles. The highest BCUT2D eigenvalue weighted by molar-refractivity contribution is 5.73. The molecule has 1 unspecified atom stereocenters. The van der Waals surface area contributed by atoms with Crippen LogP contribution in [0.2, 0.25) is 0 Å². The van der Waals surface area contributed by atoms with Crippen LogP contribution in [-0.2, 0) is 4.79 Å². The van der Waals surface area contributed by atoms with Gasteiger partial charge in [0.2, 0.25) is 5.91 Å². The molecule has 1 N–H and O–H groups in total. The molecule has 0 aromatic heterocycles. The van der Waals surface area contributed by atoms with Crippen LogP contribution < -0.4 is 10.1 Å². The third-order valence-corrected chi connectivity index (χ3v) is 2.97. The van der Waals surface area contributed by atoms with Crippen molar-refractivity contribution < 1.29 is 9.53 Å². The molecule has 1 aromatic carbocycles. The van der Waals surface area contributed by atoms with E-state index in [1.54, 1.807) is 18.2 Å². The Balaban J connectivity index is 2.44. The fourth-order valence-corrected chi connectivity index (χ4v) is 2.30. The molecule has 1 atom stereocenters. The van der Waals surface area contributed by atoms with Crippen molar-refractivity contribution in [3.63, 3.8) is 0 Å². The van der Waals surface area contributed by atoms with Gasteiger partial charge < -0.3 is 10.1 Å². The fraction of sp³-hybridized carbons (Fsp3) is 0.429. The first kappa shape index (κ1) is 12.4. The van der Waals surface area contributed by atoms with Gasteiger partial charge in [0.25, 0.3) is 0 Å². The first-order valence-electron chi connectivity index (χ1n) is 5.91. The molecule has 1 aliphatic rings. The maximum atomic E-state index is 11.3. The van der Waals surface area contributed by atoms with Crippen LogP contribution in [0.1, 0.15) is 44.4 Å². The van der Waals surface area contributed by atoms with Crippen LogP contribution in [-0.4, -0.2) is 11.5 Å². The van der Waals surface area contributed by atoms with Crippen LogP contribution in [0.3, 0.4) is 0 Å². The van der Waals surface area contributed by atoms with E-state index in [1.165, 1.54) is 6.92 Å². The predicted molar refractivity (Wildman–Crippen MR) is 67.0 cm³/mol. The molecule has 4 nitrogen and oxygen atoms in total. The van der Waals surface area contributed by atoms with E-state index < -0.39 is 0 Å². The van der Waals surface area contributed by atoms with E-state index in [2.05, 4.69) is 11.4 Å². The fourth-order valence-electron chi connectivity index (χ4n) is 2.30. The quantitative estimate of drug-likeness (QED) is 0.824. The normalized spacial score (nSPS) is 20.2. The summed E-state index contributed by atoms with van der Waals surface area (Å²) in [7, 11) is 0. The van der Waals surface area contributed by atoms with Crippen molar-refractivity contribution in [1.29, 1.82) is 5.26 Å². The number of carbonyl (C=O) groups excluding carboxylic acids is 1. The highest BCUT2D eigenvalue weighted by Crippen LogP contribution is 2.39. The van der Waals surface area contributed by atoms with Gasteiger partial charge in [0, 0.05) is 18.9 Å². The Morgan fingerprint density at radius 2 is 2.28 bits per heavy atom. The summed E-state index contributed by atoms with van der Waals surface area (Å²) in [6.45, 7) is 5.47. The van der Waals surface area contributed by atoms with Gasteiger partial charge in [0.05, 0.1) is 17.7 Å². The summed E-state index contributed by atoms with van der Waals surface area (Å²) in [5.41, 5.74) is 1.13. The maximum Gasteiger partial charge on any atom is 0.217 e. The van der Waals surface area contributed by atoms with Crippen LogP contribution in [0.25, 0.3) is 0 Å². The monoisotopic (exact) mass is 244 g/mol. The lowest BCUT2D eigenvalue weighted by Crippen LogP contribution is -2.40. The molecule has 0 saturated heterocycles. The van der Waals surface area contributed by atoms with Gasteiger partial charge in [-0.1, -0.05) is 0 Å². The standard InChI is InChI=1S/C14H16N2O2/c1-9(17)16-12-7-14(2,3)18-13-5-4-10(8-15)6-11(12)13/h4-6,12H,7H2,1-3H3,(H,16,17). The van der Waals surface area contributed by atoms with Crippen molar-refractivity contribution in [2.45, 2.75) is 38.8 Å². The van der Waals surface area contributed by atoms with Crippen molar-refractivity contribution in [3.05, 3.63) is 29.3 Å². The third kappa shape index (κ3) is 2.45. The summed E-state index contributed by atoms with van der Waals surface area (Å²) < 4.78 is 5.87. The van der Waals surface area contributed by atoms with Gasteiger partial charge >= 0.3 is 0 Å². The number of nitrogens with zero attached hydrogens (tertiary/aromatic N) is 1. The predicted octanol–water partition coefficient (Wildman–Crippen LogP) is 2.30. The summed E-state index contributed by atoms with van der Waals surface area (Å²) in [6.07, 6.45) is 0.689. The van der Waals surface area contributed by atoms with Crippen LogP contribution in [0.4, 0.5) is 0 Å². The number of benzene rings is 1. The second-order valence-electron chi connectivity index (χ2n) is 5.18. The highest BCUT2D eigenvalue weighted by atomic mass is 16.5. The average Bonchev–Trinajstić information content (AvgIpc) is 2.26. The minimum absolute atomic E-state index is 0.0778. The van der Waals surface area contributed by atoms with E-state index >= 15 is 0 Å². The topological polar surface area (TPSA) is 62.1 Å². The van der Waals surface area contributed by atoms with Crippen molar-refractivity contribution in [2.75, 3.05) is 0 Å². The Bertz CT molecular complexity index is 529. The Kier molecular flexibility index (Phi) is 3.00. The van der Waals surface area contributed by atoms with Gasteiger partial charge in [-0.3, -0.25) is 4.79 Å². The summed E-state index contributed by atoms with van der Waals surface area (Å²) in [5.74, 6) is 0.662. The van der Waals surface area contributed by atoms with E-state index in [-0.39, 0.29) is 17.6 Å². The van der Waals surface area contributed by atoms with Gasteiger partial charge in [-0.05, 0) is 32.0 Å². The number of nitrogens with one attached hydrogen (secondary N) is 1. The molecule has 0 aliphatic carbocycles. The average molecular weight is 244 g/mol. The van der Waals surface area contributed by atoms with E-state index in [0.717, 1.165) is 11.3 Å². The second kappa shape index (κ2) is 4.34. The van der Waals surface area contributed by atoms with E-state index in [0.29, 0.717) is 12.0 Å². The smallest absolute Gasteiger partial charge is 0.217 e. The number of ether oxygens (including phenoxy) is 1. The number of hydrogen-bond acceptors (Lipinski definition) is 3. The van der Waals surface area contributed by atoms with Crippen molar-refractivity contribution >= 4 is 5.91 Å². The van der Waals surface area contributed by atoms with Crippen molar-refractivity contribution in [1.82, 2.24) is 5.32 Å². The van der Waals surface area contributed by atoms with Crippen molar-refractivity contribution in [3.8, 4) is 11.8 Å². The Morgan fingerprint density at radius 1 is 1.56 bits per heavy atom. The first-order valence-corrected chi connectivity index (χ1v) is 5.91. The number of rotatable bonds is 1. The maximum absolute atomic E-state index is 11.3. The minimum Gasteiger partial charge on any atom is -0.487 e. The van der Waals surface area contributed by atoms with E-state index in [4.69, 9.17) is 10.00 Å². The van der Waals surface area contributed by atoms with Gasteiger partial charge in [-0.15, -0.1) is 0 Å².